The molecule has 110 valence electrons. The second kappa shape index (κ2) is 12.0. The smallest absolute Gasteiger partial charge is 0.191 e. The zero-order valence-electron chi connectivity index (χ0n) is 12.3. The van der Waals surface area contributed by atoms with Crippen molar-refractivity contribution in [3.8, 4) is 0 Å². The third-order valence-corrected chi connectivity index (χ3v) is 2.11. The molecule has 0 radical (unpaired) electrons. The van der Waals surface area contributed by atoms with Gasteiger partial charge in [0.05, 0.1) is 0 Å². The maximum atomic E-state index is 4.98. The van der Waals surface area contributed by atoms with Crippen molar-refractivity contribution in [3.05, 3.63) is 0 Å². The molecule has 0 spiro atoms. The average molecular weight is 372 g/mol. The summed E-state index contributed by atoms with van der Waals surface area (Å²) in [4.78, 5) is 4.15. The third kappa shape index (κ3) is 14.0. The van der Waals surface area contributed by atoms with E-state index in [1.54, 1.807) is 14.2 Å². The molecule has 0 atom stereocenters. The summed E-state index contributed by atoms with van der Waals surface area (Å²) in [5, 5.41) is 9.90. The highest BCUT2D eigenvalue weighted by molar-refractivity contribution is 14.0. The number of hydrogen-bond donors (Lipinski definition) is 3. The molecule has 0 heterocycles. The molecule has 0 aromatic carbocycles. The van der Waals surface area contributed by atoms with Crippen molar-refractivity contribution in [3.63, 3.8) is 0 Å². The van der Waals surface area contributed by atoms with E-state index in [1.165, 1.54) is 0 Å². The van der Waals surface area contributed by atoms with E-state index < -0.39 is 0 Å². The normalized spacial score (nSPS) is 11.9. The van der Waals surface area contributed by atoms with Crippen molar-refractivity contribution in [2.24, 2.45) is 4.99 Å². The van der Waals surface area contributed by atoms with Gasteiger partial charge >= 0.3 is 0 Å². The first kappa shape index (κ1) is 20.2. The molecule has 0 rings (SSSR count). The summed E-state index contributed by atoms with van der Waals surface area (Å²) in [6, 6.07) is 0. The Kier molecular flexibility index (Phi) is 13.5. The first-order chi connectivity index (χ1) is 7.99. The van der Waals surface area contributed by atoms with Gasteiger partial charge < -0.3 is 20.7 Å². The van der Waals surface area contributed by atoms with Crippen LogP contribution in [0.5, 0.6) is 0 Å². The predicted molar refractivity (Wildman–Crippen MR) is 89.0 cm³/mol. The third-order valence-electron chi connectivity index (χ3n) is 2.11. The summed E-state index contributed by atoms with van der Waals surface area (Å²) in [5.41, 5.74) is 0.164. The minimum absolute atomic E-state index is 0. The Labute approximate surface area is 129 Å². The van der Waals surface area contributed by atoms with E-state index in [4.69, 9.17) is 4.74 Å². The lowest BCUT2D eigenvalue weighted by Gasteiger charge is -2.21. The van der Waals surface area contributed by atoms with E-state index >= 15 is 0 Å². The van der Waals surface area contributed by atoms with Crippen molar-refractivity contribution >= 4 is 29.9 Å². The molecule has 0 fully saturated rings. The van der Waals surface area contributed by atoms with Gasteiger partial charge in [-0.3, -0.25) is 4.99 Å². The number of nitrogens with zero attached hydrogens (tertiary/aromatic N) is 1. The van der Waals surface area contributed by atoms with Crippen LogP contribution in [0.3, 0.4) is 0 Å². The minimum atomic E-state index is 0. The van der Waals surface area contributed by atoms with E-state index in [0.717, 1.165) is 38.6 Å². The highest BCUT2D eigenvalue weighted by Crippen LogP contribution is 1.96. The molecule has 0 aliphatic rings. The Morgan fingerprint density at radius 3 is 2.22 bits per heavy atom. The fourth-order valence-corrected chi connectivity index (χ4v) is 1.26. The molecule has 0 unspecified atom stereocenters. The van der Waals surface area contributed by atoms with Crippen molar-refractivity contribution in [1.82, 2.24) is 16.0 Å². The summed E-state index contributed by atoms with van der Waals surface area (Å²) in [6.45, 7) is 9.90. The number of aliphatic imine (C=N–C) groups is 1. The van der Waals surface area contributed by atoms with Crippen LogP contribution in [-0.2, 0) is 4.74 Å². The van der Waals surface area contributed by atoms with Crippen LogP contribution in [-0.4, -0.2) is 51.9 Å². The van der Waals surface area contributed by atoms with Crippen LogP contribution in [0, 0.1) is 0 Å². The Morgan fingerprint density at radius 2 is 1.72 bits per heavy atom. The lowest BCUT2D eigenvalue weighted by atomic mass is 10.1. The number of methoxy groups -OCH3 is 1. The van der Waals surface area contributed by atoms with Crippen LogP contribution in [0.25, 0.3) is 0 Å². The quantitative estimate of drug-likeness (QED) is 0.272. The maximum absolute atomic E-state index is 4.98. The molecule has 5 nitrogen and oxygen atoms in total. The minimum Gasteiger partial charge on any atom is -0.385 e. The molecule has 0 aromatic rings. The van der Waals surface area contributed by atoms with E-state index in [1.807, 2.05) is 0 Å². The Morgan fingerprint density at radius 1 is 1.11 bits per heavy atom. The Bertz CT molecular complexity index is 217. The zero-order chi connectivity index (χ0) is 13.1. The lowest BCUT2D eigenvalue weighted by Crippen LogP contribution is -2.44. The van der Waals surface area contributed by atoms with Gasteiger partial charge in [0, 0.05) is 45.9 Å². The number of nitrogens with one attached hydrogen (secondary N) is 3. The van der Waals surface area contributed by atoms with Crippen LogP contribution in [0.1, 0.15) is 27.2 Å². The largest absolute Gasteiger partial charge is 0.385 e. The van der Waals surface area contributed by atoms with E-state index in [9.17, 15) is 0 Å². The fourth-order valence-electron chi connectivity index (χ4n) is 1.26. The second-order valence-corrected chi connectivity index (χ2v) is 4.95. The first-order valence-electron chi connectivity index (χ1n) is 6.18. The summed E-state index contributed by atoms with van der Waals surface area (Å²) in [7, 11) is 3.49. The van der Waals surface area contributed by atoms with E-state index in [2.05, 4.69) is 41.7 Å². The van der Waals surface area contributed by atoms with Crippen LogP contribution < -0.4 is 16.0 Å². The molecular weight excluding hydrogens is 343 g/mol. The molecule has 3 N–H and O–H groups in total. The molecule has 0 aliphatic carbocycles. The molecule has 0 bridgehead atoms. The predicted octanol–water partition coefficient (Wildman–Crippen LogP) is 1.19. The van der Waals surface area contributed by atoms with Gasteiger partial charge in [0.2, 0.25) is 0 Å². The first-order valence-corrected chi connectivity index (χ1v) is 6.18. The van der Waals surface area contributed by atoms with Gasteiger partial charge in [-0.15, -0.1) is 24.0 Å². The van der Waals surface area contributed by atoms with Gasteiger partial charge in [-0.2, -0.15) is 0 Å². The zero-order valence-corrected chi connectivity index (χ0v) is 14.6. The van der Waals surface area contributed by atoms with Crippen LogP contribution in [0.4, 0.5) is 0 Å². The van der Waals surface area contributed by atoms with Gasteiger partial charge in [-0.05, 0) is 27.2 Å². The van der Waals surface area contributed by atoms with E-state index in [-0.39, 0.29) is 29.5 Å². The molecule has 0 aromatic heterocycles. The van der Waals surface area contributed by atoms with Crippen LogP contribution in [0.2, 0.25) is 0 Å². The summed E-state index contributed by atoms with van der Waals surface area (Å²) < 4.78 is 4.98. The van der Waals surface area contributed by atoms with E-state index in [0.29, 0.717) is 0 Å². The summed E-state index contributed by atoms with van der Waals surface area (Å²) >= 11 is 0. The molecular formula is C12H29IN4O. The molecule has 6 heteroatoms. The Balaban J connectivity index is 0. The van der Waals surface area contributed by atoms with Gasteiger partial charge in [0.25, 0.3) is 0 Å². The maximum Gasteiger partial charge on any atom is 0.191 e. The van der Waals surface area contributed by atoms with Gasteiger partial charge in [-0.25, -0.2) is 0 Å². The highest BCUT2D eigenvalue weighted by Gasteiger charge is 2.07. The van der Waals surface area contributed by atoms with Gasteiger partial charge in [0.15, 0.2) is 5.96 Å². The number of guanidine groups is 1. The lowest BCUT2D eigenvalue weighted by molar-refractivity contribution is 0.195. The number of halogens is 1. The van der Waals surface area contributed by atoms with Crippen molar-refractivity contribution < 1.29 is 4.74 Å². The average Bonchev–Trinajstić information content (AvgIpc) is 2.25. The second-order valence-electron chi connectivity index (χ2n) is 4.95. The van der Waals surface area contributed by atoms with Crippen molar-refractivity contribution in [2.75, 3.05) is 40.4 Å². The number of ether oxygens (including phenoxy) is 1. The highest BCUT2D eigenvalue weighted by atomic mass is 127. The SMILES string of the molecule is CN=C(NCCCOC)NCCNC(C)(C)C.I. The van der Waals surface area contributed by atoms with Crippen LogP contribution in [0.15, 0.2) is 4.99 Å². The summed E-state index contributed by atoms with van der Waals surface area (Å²) in [6.07, 6.45) is 0.984. The Hall–Kier alpha value is -0.0800. The molecule has 0 saturated heterocycles. The number of rotatable bonds is 7. The molecule has 0 amide bonds. The topological polar surface area (TPSA) is 57.7 Å². The molecule has 0 saturated carbocycles. The fraction of sp³-hybridized carbons (Fsp3) is 0.917. The van der Waals surface area contributed by atoms with Crippen LogP contribution >= 0.6 is 24.0 Å². The number of hydrogen-bond acceptors (Lipinski definition) is 3. The molecule has 0 aliphatic heterocycles. The van der Waals surface area contributed by atoms with Crippen molar-refractivity contribution in [2.45, 2.75) is 32.7 Å². The van der Waals surface area contributed by atoms with Gasteiger partial charge in [-0.1, -0.05) is 0 Å². The summed E-state index contributed by atoms with van der Waals surface area (Å²) in [5.74, 6) is 0.844. The van der Waals surface area contributed by atoms with Crippen molar-refractivity contribution in [1.29, 1.82) is 0 Å². The van der Waals surface area contributed by atoms with Gasteiger partial charge in [0.1, 0.15) is 0 Å². The molecule has 18 heavy (non-hydrogen) atoms. The standard InChI is InChI=1S/C12H28N4O.HI/c1-12(2,3)16-9-8-15-11(13-4)14-7-6-10-17-5;/h16H,6-10H2,1-5H3,(H2,13,14,15);1H. The monoisotopic (exact) mass is 372 g/mol.